The van der Waals surface area contributed by atoms with Gasteiger partial charge >= 0.3 is 5.63 Å². The fourth-order valence-electron chi connectivity index (χ4n) is 2.90. The second-order valence-corrected chi connectivity index (χ2v) is 6.94. The summed E-state index contributed by atoms with van der Waals surface area (Å²) in [7, 11) is 0. The number of para-hydroxylation sites is 1. The molecule has 0 radical (unpaired) electrons. The highest BCUT2D eigenvalue weighted by atomic mass is 32.1. The molecule has 4 rings (SSSR count). The van der Waals surface area contributed by atoms with E-state index in [1.807, 2.05) is 6.07 Å². The van der Waals surface area contributed by atoms with Crippen molar-refractivity contribution >= 4 is 34.1 Å². The van der Waals surface area contributed by atoms with Crippen LogP contribution in [-0.2, 0) is 12.8 Å². The number of hydrogen-bond donors (Lipinski definition) is 2. The van der Waals surface area contributed by atoms with Crippen LogP contribution < -0.4 is 16.5 Å². The molecule has 2 heterocycles. The van der Waals surface area contributed by atoms with Crippen molar-refractivity contribution in [1.82, 2.24) is 10.9 Å². The van der Waals surface area contributed by atoms with Gasteiger partial charge in [0.05, 0.1) is 4.88 Å². The van der Waals surface area contributed by atoms with Crippen molar-refractivity contribution in [1.29, 1.82) is 0 Å². The average Bonchev–Trinajstić information content (AvgIpc) is 3.20. The Labute approximate surface area is 146 Å². The number of hydrogen-bond acceptors (Lipinski definition) is 5. The molecule has 0 atom stereocenters. The van der Waals surface area contributed by atoms with Crippen LogP contribution in [0.2, 0.25) is 0 Å². The summed E-state index contributed by atoms with van der Waals surface area (Å²) in [6.07, 6.45) is 3.11. The van der Waals surface area contributed by atoms with E-state index < -0.39 is 17.4 Å². The Balaban J connectivity index is 1.49. The molecule has 0 fully saturated rings. The summed E-state index contributed by atoms with van der Waals surface area (Å²) < 4.78 is 5.12. The van der Waals surface area contributed by atoms with Crippen LogP contribution in [0.5, 0.6) is 0 Å². The highest BCUT2D eigenvalue weighted by molar-refractivity contribution is 7.14. The van der Waals surface area contributed by atoms with E-state index in [-0.39, 0.29) is 5.56 Å². The fraction of sp³-hybridized carbons (Fsp3) is 0.167. The van der Waals surface area contributed by atoms with Crippen LogP contribution in [0.1, 0.15) is 36.9 Å². The van der Waals surface area contributed by atoms with E-state index in [0.29, 0.717) is 15.8 Å². The number of carbonyl (C=O) groups excluding carboxylic acids is 2. The molecule has 126 valence electrons. The highest BCUT2D eigenvalue weighted by Crippen LogP contribution is 2.30. The maximum Gasteiger partial charge on any atom is 0.349 e. The van der Waals surface area contributed by atoms with Crippen LogP contribution in [0.15, 0.2) is 45.6 Å². The lowest BCUT2D eigenvalue weighted by Gasteiger charge is -2.06. The fourth-order valence-corrected chi connectivity index (χ4v) is 4.05. The minimum Gasteiger partial charge on any atom is -0.422 e. The first kappa shape index (κ1) is 15.6. The van der Waals surface area contributed by atoms with Crippen molar-refractivity contribution in [2.24, 2.45) is 0 Å². The number of benzene rings is 1. The normalized spacial score (nSPS) is 12.8. The number of fused-ring (bicyclic) bond motifs is 2. The van der Waals surface area contributed by atoms with Crippen molar-refractivity contribution < 1.29 is 14.0 Å². The monoisotopic (exact) mass is 354 g/mol. The molecule has 0 bridgehead atoms. The molecule has 0 unspecified atom stereocenters. The van der Waals surface area contributed by atoms with Crippen molar-refractivity contribution in [2.75, 3.05) is 0 Å². The summed E-state index contributed by atoms with van der Waals surface area (Å²) in [5.41, 5.74) is 5.33. The van der Waals surface area contributed by atoms with Crippen molar-refractivity contribution in [3.63, 3.8) is 0 Å². The number of hydrazine groups is 1. The van der Waals surface area contributed by atoms with Gasteiger partial charge < -0.3 is 4.42 Å². The molecule has 1 aliphatic rings. The maximum atomic E-state index is 12.2. The van der Waals surface area contributed by atoms with E-state index >= 15 is 0 Å². The van der Waals surface area contributed by atoms with Crippen molar-refractivity contribution in [3.05, 3.63) is 67.7 Å². The molecule has 7 heteroatoms. The van der Waals surface area contributed by atoms with Crippen LogP contribution >= 0.6 is 11.3 Å². The maximum absolute atomic E-state index is 12.2. The lowest BCUT2D eigenvalue weighted by Crippen LogP contribution is -2.42. The quantitative estimate of drug-likeness (QED) is 0.546. The van der Waals surface area contributed by atoms with Crippen molar-refractivity contribution in [2.45, 2.75) is 19.3 Å². The van der Waals surface area contributed by atoms with Gasteiger partial charge in [-0.3, -0.25) is 20.4 Å². The van der Waals surface area contributed by atoms with Gasteiger partial charge in [0.25, 0.3) is 11.8 Å². The Morgan fingerprint density at radius 3 is 2.68 bits per heavy atom. The second kappa shape index (κ2) is 6.18. The molecule has 2 amide bonds. The first-order valence-electron chi connectivity index (χ1n) is 7.87. The summed E-state index contributed by atoms with van der Waals surface area (Å²) in [4.78, 5) is 38.1. The van der Waals surface area contributed by atoms with E-state index in [1.165, 1.54) is 27.8 Å². The number of rotatable bonds is 2. The van der Waals surface area contributed by atoms with E-state index in [4.69, 9.17) is 4.42 Å². The molecule has 1 aliphatic carbocycles. The predicted molar refractivity (Wildman–Crippen MR) is 93.8 cm³/mol. The van der Waals surface area contributed by atoms with Crippen LogP contribution in [-0.4, -0.2) is 11.8 Å². The first-order valence-corrected chi connectivity index (χ1v) is 8.68. The van der Waals surface area contributed by atoms with Gasteiger partial charge in [-0.25, -0.2) is 4.79 Å². The summed E-state index contributed by atoms with van der Waals surface area (Å²) in [6, 6.07) is 10.2. The lowest BCUT2D eigenvalue weighted by atomic mass is 10.2. The number of amides is 2. The zero-order valence-electron chi connectivity index (χ0n) is 13.1. The molecular formula is C18H14N2O4S. The number of nitrogens with one attached hydrogen (secondary N) is 2. The molecule has 0 saturated carbocycles. The summed E-state index contributed by atoms with van der Waals surface area (Å²) in [5, 5.41) is 0.633. The zero-order valence-corrected chi connectivity index (χ0v) is 13.9. The Morgan fingerprint density at radius 1 is 1.04 bits per heavy atom. The van der Waals surface area contributed by atoms with Gasteiger partial charge in [-0.15, -0.1) is 11.3 Å². The third kappa shape index (κ3) is 2.94. The zero-order chi connectivity index (χ0) is 17.4. The number of carbonyl (C=O) groups is 2. The smallest absolute Gasteiger partial charge is 0.349 e. The van der Waals surface area contributed by atoms with Gasteiger partial charge in [0.15, 0.2) is 0 Å². The Kier molecular flexibility index (Phi) is 3.85. The van der Waals surface area contributed by atoms with Gasteiger partial charge in [0.1, 0.15) is 11.1 Å². The summed E-state index contributed by atoms with van der Waals surface area (Å²) >= 11 is 1.44. The number of aryl methyl sites for hydroxylation is 2. The Morgan fingerprint density at radius 2 is 1.84 bits per heavy atom. The van der Waals surface area contributed by atoms with Crippen molar-refractivity contribution in [3.8, 4) is 0 Å². The topological polar surface area (TPSA) is 88.4 Å². The molecular weight excluding hydrogens is 340 g/mol. The summed E-state index contributed by atoms with van der Waals surface area (Å²) in [6.45, 7) is 0. The Hall–Kier alpha value is -2.93. The molecule has 0 aliphatic heterocycles. The second-order valence-electron chi connectivity index (χ2n) is 5.81. The van der Waals surface area contributed by atoms with Crippen LogP contribution in [0, 0.1) is 0 Å². The SMILES string of the molecule is O=C(NNC(=O)c1cc2ccccc2oc1=O)c1cc2c(s1)CCC2. The molecule has 0 spiro atoms. The molecule has 2 N–H and O–H groups in total. The molecule has 25 heavy (non-hydrogen) atoms. The van der Waals surface area contributed by atoms with Gasteiger partial charge in [-0.1, -0.05) is 18.2 Å². The van der Waals surface area contributed by atoms with Gasteiger partial charge in [-0.05, 0) is 43.0 Å². The third-order valence-corrected chi connectivity index (χ3v) is 5.38. The average molecular weight is 354 g/mol. The van der Waals surface area contributed by atoms with Gasteiger partial charge in [0, 0.05) is 10.3 Å². The van der Waals surface area contributed by atoms with Crippen LogP contribution in [0.25, 0.3) is 11.0 Å². The van der Waals surface area contributed by atoms with Crippen LogP contribution in [0.4, 0.5) is 0 Å². The van der Waals surface area contributed by atoms with E-state index in [9.17, 15) is 14.4 Å². The lowest BCUT2D eigenvalue weighted by molar-refractivity contribution is 0.0846. The van der Waals surface area contributed by atoms with Crippen LogP contribution in [0.3, 0.4) is 0 Å². The van der Waals surface area contributed by atoms with Gasteiger partial charge in [0.2, 0.25) is 0 Å². The van der Waals surface area contributed by atoms with E-state index in [2.05, 4.69) is 10.9 Å². The minimum absolute atomic E-state index is 0.160. The first-order chi connectivity index (χ1) is 12.1. The highest BCUT2D eigenvalue weighted by Gasteiger charge is 2.19. The molecule has 1 aromatic carbocycles. The summed E-state index contributed by atoms with van der Waals surface area (Å²) in [5.74, 6) is -1.10. The minimum atomic E-state index is -0.749. The molecule has 2 aromatic heterocycles. The molecule has 3 aromatic rings. The van der Waals surface area contributed by atoms with Gasteiger partial charge in [-0.2, -0.15) is 0 Å². The molecule has 0 saturated heterocycles. The predicted octanol–water partition coefficient (Wildman–Crippen LogP) is 2.42. The molecule has 6 nitrogen and oxygen atoms in total. The number of thiophene rings is 1. The largest absolute Gasteiger partial charge is 0.422 e. The Bertz CT molecular complexity index is 1030. The third-order valence-electron chi connectivity index (χ3n) is 4.15. The standard InChI is InChI=1S/C18H14N2O4S/c21-16(12-8-10-4-1-2-6-13(10)24-18(12)23)19-20-17(22)15-9-11-5-3-7-14(11)25-15/h1-2,4,6,8-9H,3,5,7H2,(H,19,21)(H,20,22). The van der Waals surface area contributed by atoms with E-state index in [1.54, 1.807) is 24.3 Å². The van der Waals surface area contributed by atoms with E-state index in [0.717, 1.165) is 19.3 Å².